The molecule has 27 N–H and O–H groups in total. The van der Waals surface area contributed by atoms with Crippen LogP contribution in [-0.4, -0.2) is 213 Å². The fraction of sp³-hybridized carbons (Fsp3) is 0.561. The highest BCUT2D eigenvalue weighted by Gasteiger charge is 2.42. The Kier molecular flexibility index (Phi) is 36.1. The zero-order valence-electron chi connectivity index (χ0n) is 59.0. The van der Waals surface area contributed by atoms with Gasteiger partial charge in [0.2, 0.25) is 88.6 Å². The molecule has 0 aliphatic carbocycles. The van der Waals surface area contributed by atoms with E-state index in [9.17, 15) is 92.0 Å². The van der Waals surface area contributed by atoms with Crippen molar-refractivity contribution in [3.8, 4) is 5.75 Å². The number of carboxylic acid groups (broad SMARTS) is 1. The van der Waals surface area contributed by atoms with Gasteiger partial charge in [0.25, 0.3) is 0 Å². The molecule has 13 atom stereocenters. The maximum Gasteiger partial charge on any atom is 0.326 e. The molecule has 1 aliphatic rings. The van der Waals surface area contributed by atoms with E-state index in [1.165, 1.54) is 26.0 Å². The first kappa shape index (κ1) is 87.2. The van der Waals surface area contributed by atoms with E-state index in [1.807, 2.05) is 0 Å². The van der Waals surface area contributed by atoms with Crippen molar-refractivity contribution < 1.29 is 92.0 Å². The van der Waals surface area contributed by atoms with Crippen LogP contribution in [0.15, 0.2) is 59.6 Å². The molecule has 0 radical (unpaired) electrons. The smallest absolute Gasteiger partial charge is 0.326 e. The number of aromatic hydroxyl groups is 1. The number of phenols is 1. The Morgan fingerprint density at radius 3 is 1.39 bits per heavy atom. The summed E-state index contributed by atoms with van der Waals surface area (Å²) in [6, 6.07) is -4.78. The third kappa shape index (κ3) is 29.5. The number of aliphatic hydroxyl groups is 1. The van der Waals surface area contributed by atoms with Crippen LogP contribution in [0.1, 0.15) is 123 Å². The van der Waals surface area contributed by atoms with Crippen LogP contribution in [0.5, 0.6) is 5.75 Å². The summed E-state index contributed by atoms with van der Waals surface area (Å²) < 4.78 is 0. The number of hydrogen-bond acceptors (Lipinski definition) is 20. The second kappa shape index (κ2) is 43.0. The standard InChI is InChI=1S/C66H101N19O19/c1-7-34(6)53(63(101)83-52(33(4)5)61(99)76-40(22-24-48(69)89)56(94)78-42(29-49(70)90)57(95)77-41(65(103)104)15-11-25-74-66(72)73)84-60(98)46-16-12-26-85(46)64(102)44(28-35-13-9-8-10-14-35)80-58(96)43(30-50(71)91)79-55(93)39(21-23-47(68)88)75-59(97)45(31-86)81-62(100)51(32(2)3)82-54(92)38(67)27-36-17-19-37(87)20-18-36/h8-10,13-14,17-20,32-34,38-46,51-53,86-87H,7,11-12,15-16,21-31,67H2,1-6H3,(H2,68,88)(H2,69,89)(H2,70,90)(H2,71,91)(H,75,97)(H,76,99)(H,77,95)(H,78,94)(H,79,93)(H,80,96)(H,81,100)(H,82,92)(H,83,101)(H,84,98)(H,103,104)(H4,72,73,74)/t34-,38-,39-,40-,41-,42-,43-,44-,45-,46-,51-,52-,53-/m0/s1. The van der Waals surface area contributed by atoms with E-state index in [1.54, 1.807) is 70.2 Å². The van der Waals surface area contributed by atoms with Crippen LogP contribution in [0, 0.1) is 17.8 Å². The molecule has 104 heavy (non-hydrogen) atoms. The molecule has 0 aromatic heterocycles. The molecule has 3 rings (SSSR count). The normalized spacial score (nSPS) is 16.0. The van der Waals surface area contributed by atoms with E-state index in [0.29, 0.717) is 11.1 Å². The number of aliphatic hydroxyl groups excluding tert-OH is 1. The molecule has 38 heteroatoms. The van der Waals surface area contributed by atoms with Crippen molar-refractivity contribution in [2.24, 2.45) is 62.9 Å². The number of primary amides is 4. The summed E-state index contributed by atoms with van der Waals surface area (Å²) in [6.07, 6.45) is -3.75. The summed E-state index contributed by atoms with van der Waals surface area (Å²) in [5.41, 5.74) is 39.6. The summed E-state index contributed by atoms with van der Waals surface area (Å²) in [7, 11) is 0. The largest absolute Gasteiger partial charge is 0.508 e. The van der Waals surface area contributed by atoms with Gasteiger partial charge < -0.3 is 114 Å². The van der Waals surface area contributed by atoms with Crippen molar-refractivity contribution in [3.05, 3.63) is 65.7 Å². The third-order valence-corrected chi connectivity index (χ3v) is 16.8. The maximum absolute atomic E-state index is 15.0. The van der Waals surface area contributed by atoms with Crippen molar-refractivity contribution in [2.75, 3.05) is 19.7 Å². The zero-order valence-corrected chi connectivity index (χ0v) is 59.0. The van der Waals surface area contributed by atoms with Gasteiger partial charge >= 0.3 is 5.97 Å². The summed E-state index contributed by atoms with van der Waals surface area (Å²) in [5, 5.41) is 54.1. The Balaban J connectivity index is 1.89. The number of guanidine groups is 1. The lowest BCUT2D eigenvalue weighted by atomic mass is 9.95. The SMILES string of the molecule is CC[C@H](C)[C@H](NC(=O)[C@@H]1CCCN1C(=O)[C@H](Cc1ccccc1)NC(=O)[C@H](CC(N)=O)NC(=O)[C@H](CCC(N)=O)NC(=O)[C@H](CO)NC(=O)[C@@H](NC(=O)[C@@H](N)Cc1ccc(O)cc1)C(C)C)C(=O)N[C@H](C(=O)N[C@@H](CCC(N)=O)C(=O)N[C@@H](CC(N)=O)C(=O)N[C@@H](CCCN=C(N)N)C(=O)O)C(C)C. The Morgan fingerprint density at radius 1 is 0.500 bits per heavy atom. The van der Waals surface area contributed by atoms with Gasteiger partial charge in [-0.3, -0.25) is 76.9 Å². The van der Waals surface area contributed by atoms with Gasteiger partial charge in [0.05, 0.1) is 25.5 Å². The van der Waals surface area contributed by atoms with Crippen LogP contribution in [0.4, 0.5) is 0 Å². The number of carboxylic acids is 1. The molecule has 0 bridgehead atoms. The number of aliphatic imine (C=N–C) groups is 1. The van der Waals surface area contributed by atoms with E-state index < -0.39 is 230 Å². The first-order chi connectivity index (χ1) is 48.9. The molecule has 2 aromatic carbocycles. The van der Waals surface area contributed by atoms with Gasteiger partial charge in [-0.1, -0.05) is 90.4 Å². The number of aliphatic carboxylic acids is 1. The van der Waals surface area contributed by atoms with Gasteiger partial charge in [-0.05, 0) is 86.0 Å². The van der Waals surface area contributed by atoms with Gasteiger partial charge in [-0.15, -0.1) is 0 Å². The van der Waals surface area contributed by atoms with Gasteiger partial charge in [-0.2, -0.15) is 0 Å². The minimum atomic E-state index is -1.91. The summed E-state index contributed by atoms with van der Waals surface area (Å²) in [5.74, 6) is -19.2. The molecule has 0 spiro atoms. The Bertz CT molecular complexity index is 3390. The minimum Gasteiger partial charge on any atom is -0.508 e. The topological polar surface area (TPSA) is 652 Å². The number of amides is 15. The van der Waals surface area contributed by atoms with Crippen LogP contribution in [0.25, 0.3) is 0 Å². The average molecular weight is 1460 g/mol. The lowest BCUT2D eigenvalue weighted by Crippen LogP contribution is -2.62. The molecule has 1 heterocycles. The predicted octanol–water partition coefficient (Wildman–Crippen LogP) is -6.89. The molecule has 0 saturated carbocycles. The minimum absolute atomic E-state index is 0.00295. The van der Waals surface area contributed by atoms with Gasteiger partial charge in [-0.25, -0.2) is 4.79 Å². The van der Waals surface area contributed by atoms with Crippen LogP contribution in [-0.2, 0) is 89.6 Å². The third-order valence-electron chi connectivity index (χ3n) is 16.8. The number of rotatable bonds is 45. The van der Waals surface area contributed by atoms with Crippen molar-refractivity contribution in [2.45, 2.75) is 198 Å². The molecular formula is C66H101N19O19. The summed E-state index contributed by atoms with van der Waals surface area (Å²) >= 11 is 0. The maximum atomic E-state index is 15.0. The molecule has 1 aliphatic heterocycles. The van der Waals surface area contributed by atoms with Gasteiger partial charge in [0.15, 0.2) is 5.96 Å². The number of nitrogens with one attached hydrogen (secondary N) is 10. The fourth-order valence-corrected chi connectivity index (χ4v) is 10.8. The van der Waals surface area contributed by atoms with Crippen molar-refractivity contribution >= 4 is 101 Å². The van der Waals surface area contributed by atoms with Gasteiger partial charge in [0, 0.05) is 32.4 Å². The van der Waals surface area contributed by atoms with Crippen LogP contribution in [0.3, 0.4) is 0 Å². The van der Waals surface area contributed by atoms with E-state index in [0.717, 1.165) is 4.90 Å². The van der Waals surface area contributed by atoms with Crippen molar-refractivity contribution in [1.82, 2.24) is 58.1 Å². The number of hydrogen-bond donors (Lipinski definition) is 20. The van der Waals surface area contributed by atoms with E-state index in [-0.39, 0.29) is 69.7 Å². The second-order valence-corrected chi connectivity index (χ2v) is 25.9. The fourth-order valence-electron chi connectivity index (χ4n) is 10.8. The molecule has 38 nitrogen and oxygen atoms in total. The molecule has 1 saturated heterocycles. The molecule has 15 amide bonds. The van der Waals surface area contributed by atoms with Crippen LogP contribution >= 0.6 is 0 Å². The second-order valence-electron chi connectivity index (χ2n) is 25.9. The molecule has 574 valence electrons. The van der Waals surface area contributed by atoms with Crippen LogP contribution in [0.2, 0.25) is 0 Å². The van der Waals surface area contributed by atoms with Gasteiger partial charge in [0.1, 0.15) is 72.2 Å². The van der Waals surface area contributed by atoms with Crippen molar-refractivity contribution in [1.29, 1.82) is 0 Å². The number of carbonyl (C=O) groups excluding carboxylic acids is 15. The number of likely N-dealkylation sites (tertiary alicyclic amines) is 1. The Hall–Kier alpha value is -11.0. The molecule has 2 aromatic rings. The number of nitrogens with two attached hydrogens (primary N) is 7. The highest BCUT2D eigenvalue weighted by molar-refractivity contribution is 6.01. The van der Waals surface area contributed by atoms with E-state index in [4.69, 9.17) is 40.1 Å². The quantitative estimate of drug-likeness (QED) is 0.0166. The monoisotopic (exact) mass is 1460 g/mol. The zero-order chi connectivity index (χ0) is 78.2. The van der Waals surface area contributed by atoms with E-state index >= 15 is 0 Å². The average Bonchev–Trinajstić information content (AvgIpc) is 1.42. The predicted molar refractivity (Wildman–Crippen MR) is 372 cm³/mol. The Morgan fingerprint density at radius 2 is 0.933 bits per heavy atom. The first-order valence-electron chi connectivity index (χ1n) is 33.8. The molecular weight excluding hydrogens is 1360 g/mol. The molecule has 0 unspecified atom stereocenters. The summed E-state index contributed by atoms with van der Waals surface area (Å²) in [6.45, 7) is 8.36. The van der Waals surface area contributed by atoms with Crippen LogP contribution < -0.4 is 93.3 Å². The lowest BCUT2D eigenvalue weighted by molar-refractivity contribution is -0.143. The summed E-state index contributed by atoms with van der Waals surface area (Å²) in [4.78, 5) is 221. The highest BCUT2D eigenvalue weighted by Crippen LogP contribution is 2.22. The number of carbonyl (C=O) groups is 16. The van der Waals surface area contributed by atoms with Crippen molar-refractivity contribution in [3.63, 3.8) is 0 Å². The number of benzene rings is 2. The number of nitrogens with zero attached hydrogens (tertiary/aromatic N) is 2. The Labute approximate surface area is 600 Å². The molecule has 1 fully saturated rings. The number of phenolic OH excluding ortho intramolecular Hbond substituents is 1. The lowest BCUT2D eigenvalue weighted by Gasteiger charge is -2.32. The first-order valence-corrected chi connectivity index (χ1v) is 33.8. The van der Waals surface area contributed by atoms with E-state index in [2.05, 4.69) is 58.2 Å². The highest BCUT2D eigenvalue weighted by atomic mass is 16.4.